The summed E-state index contributed by atoms with van der Waals surface area (Å²) in [6, 6.07) is 17.5. The largest absolute Gasteiger partial charge is 0.492 e. The second kappa shape index (κ2) is 8.56. The highest BCUT2D eigenvalue weighted by Crippen LogP contribution is 2.45. The van der Waals surface area contributed by atoms with Crippen LogP contribution in [0.2, 0.25) is 0 Å². The Morgan fingerprint density at radius 1 is 1.03 bits per heavy atom. The van der Waals surface area contributed by atoms with Crippen molar-refractivity contribution in [2.45, 2.75) is 33.2 Å². The van der Waals surface area contributed by atoms with E-state index in [4.69, 9.17) is 17.3 Å². The number of carbonyl (C=O) groups is 1. The summed E-state index contributed by atoms with van der Waals surface area (Å²) >= 11 is 0. The molecular weight excluding hydrogens is 359 g/mol. The summed E-state index contributed by atoms with van der Waals surface area (Å²) in [5.74, 6) is 0.342. The molecule has 4 rings (SSSR count). The Bertz CT molecular complexity index is 1050. The first-order valence-electron chi connectivity index (χ1n) is 10.00. The van der Waals surface area contributed by atoms with Gasteiger partial charge in [0.2, 0.25) is 0 Å². The quantitative estimate of drug-likeness (QED) is 0.410. The molecule has 0 saturated carbocycles. The number of rotatable bonds is 3. The average molecular weight is 384 g/mol. The Kier molecular flexibility index (Phi) is 6.12. The van der Waals surface area contributed by atoms with Gasteiger partial charge in [-0.2, -0.15) is 0 Å². The normalized spacial score (nSPS) is 17.0. The van der Waals surface area contributed by atoms with Crippen LogP contribution in [-0.2, 0) is 4.74 Å². The third kappa shape index (κ3) is 3.93. The van der Waals surface area contributed by atoms with E-state index < -0.39 is 5.50 Å². The molecule has 3 nitrogen and oxygen atoms in total. The Labute approximate surface area is 173 Å². The topological polar surface area (TPSA) is 35.5 Å². The molecule has 3 aromatic carbocycles. The molecule has 0 N–H and O–H groups in total. The van der Waals surface area contributed by atoms with E-state index in [1.165, 1.54) is 0 Å². The van der Waals surface area contributed by atoms with E-state index in [1.54, 1.807) is 0 Å². The maximum Gasteiger partial charge on any atom is 0.339 e. The highest BCUT2D eigenvalue weighted by Gasteiger charge is 2.30. The van der Waals surface area contributed by atoms with Crippen molar-refractivity contribution in [3.63, 3.8) is 0 Å². The molecule has 3 aromatic rings. The Hall–Kier alpha value is -3.01. The summed E-state index contributed by atoms with van der Waals surface area (Å²) in [7, 11) is 6.22. The van der Waals surface area contributed by atoms with Crippen molar-refractivity contribution < 1.29 is 14.3 Å². The zero-order valence-electron chi connectivity index (χ0n) is 17.4. The monoisotopic (exact) mass is 384 g/mol. The van der Waals surface area contributed by atoms with Crippen molar-refractivity contribution in [1.29, 1.82) is 0 Å². The average Bonchev–Trinajstić information content (AvgIpc) is 2.74. The van der Waals surface area contributed by atoms with E-state index in [2.05, 4.69) is 0 Å². The molecule has 0 bridgehead atoms. The van der Waals surface area contributed by atoms with Gasteiger partial charge in [-0.05, 0) is 19.4 Å². The molecule has 0 fully saturated rings. The third-order valence-corrected chi connectivity index (χ3v) is 4.65. The van der Waals surface area contributed by atoms with Gasteiger partial charge in [-0.15, -0.1) is 0 Å². The highest BCUT2D eigenvalue weighted by atomic mass is 16.5. The van der Waals surface area contributed by atoms with Crippen LogP contribution in [0.5, 0.6) is 5.75 Å². The molecule has 29 heavy (non-hydrogen) atoms. The number of fused-ring (bicyclic) bond motifs is 3. The van der Waals surface area contributed by atoms with Gasteiger partial charge in [0.15, 0.2) is 0 Å². The number of carbonyl (C=O) groups excluding carboxylic acids is 1. The van der Waals surface area contributed by atoms with Crippen LogP contribution in [0, 0.1) is 0 Å². The molecule has 1 unspecified atom stereocenters. The van der Waals surface area contributed by atoms with E-state index in [-0.39, 0.29) is 5.97 Å². The van der Waals surface area contributed by atoms with Gasteiger partial charge in [0.05, 0.1) is 17.7 Å². The summed E-state index contributed by atoms with van der Waals surface area (Å²) in [6.07, 6.45) is 3.75. The lowest BCUT2D eigenvalue weighted by molar-refractivity contribution is 0.0529. The molecule has 1 heterocycles. The van der Waals surface area contributed by atoms with Gasteiger partial charge >= 0.3 is 5.97 Å². The molecule has 0 spiro atoms. The van der Waals surface area contributed by atoms with Gasteiger partial charge in [0.25, 0.3) is 0 Å². The second-order valence-corrected chi connectivity index (χ2v) is 6.74. The van der Waals surface area contributed by atoms with E-state index >= 15 is 0 Å². The minimum absolute atomic E-state index is 0.311. The van der Waals surface area contributed by atoms with Crippen molar-refractivity contribution in [2.75, 3.05) is 6.61 Å². The predicted molar refractivity (Wildman–Crippen MR) is 121 cm³/mol. The number of hydrogen-bond donors (Lipinski definition) is 0. The molecular formula is C25H25BO3. The maximum absolute atomic E-state index is 13.0. The Morgan fingerprint density at radius 3 is 2.31 bits per heavy atom. The van der Waals surface area contributed by atoms with Crippen LogP contribution in [0.25, 0.3) is 28.0 Å². The summed E-state index contributed by atoms with van der Waals surface area (Å²) in [5.41, 5.74) is 2.21. The van der Waals surface area contributed by atoms with Crippen LogP contribution in [0.3, 0.4) is 0 Å². The van der Waals surface area contributed by atoms with Crippen molar-refractivity contribution >= 4 is 30.7 Å². The van der Waals surface area contributed by atoms with Gasteiger partial charge in [-0.3, -0.25) is 0 Å². The first-order valence-corrected chi connectivity index (χ1v) is 10.00. The zero-order chi connectivity index (χ0) is 21.0. The van der Waals surface area contributed by atoms with Crippen LogP contribution < -0.4 is 4.74 Å². The lowest BCUT2D eigenvalue weighted by atomic mass is 9.79. The number of benzene rings is 3. The molecule has 0 aromatic heterocycles. The standard InChI is InChI=1S/C23H19BO3.C2H6/c1-3-26-22(25)20-16-11-7-8-12-17(16)21-18(13-14-23(2,24)27-21)19(20)15-9-5-4-6-10-15;1-2/h4-14H,3H2,1-2H3;1-2H3. The zero-order valence-corrected chi connectivity index (χ0v) is 17.4. The van der Waals surface area contributed by atoms with Crippen LogP contribution in [0.1, 0.15) is 43.6 Å². The molecule has 0 amide bonds. The number of hydrogen-bond acceptors (Lipinski definition) is 3. The van der Waals surface area contributed by atoms with Crippen molar-refractivity contribution in [2.24, 2.45) is 0 Å². The van der Waals surface area contributed by atoms with Crippen LogP contribution in [-0.4, -0.2) is 25.9 Å². The lowest BCUT2D eigenvalue weighted by Crippen LogP contribution is -2.32. The Balaban J connectivity index is 0.00000117. The first-order chi connectivity index (χ1) is 14.0. The second-order valence-electron chi connectivity index (χ2n) is 6.74. The van der Waals surface area contributed by atoms with Crippen molar-refractivity contribution in [1.82, 2.24) is 0 Å². The number of ether oxygens (including phenoxy) is 2. The van der Waals surface area contributed by atoms with Gasteiger partial charge in [0, 0.05) is 21.9 Å². The fraction of sp³-hybridized carbons (Fsp3) is 0.240. The molecule has 1 aliphatic heterocycles. The molecule has 146 valence electrons. The van der Waals surface area contributed by atoms with Crippen LogP contribution >= 0.6 is 0 Å². The fourth-order valence-corrected chi connectivity index (χ4v) is 3.52. The summed E-state index contributed by atoms with van der Waals surface area (Å²) in [6.45, 7) is 7.93. The van der Waals surface area contributed by atoms with Gasteiger partial charge in [-0.1, -0.05) is 80.6 Å². The SMILES string of the molecule is CC.[B]C1(C)C=Cc2c(-c3ccccc3)c(C(=O)OCC)c3ccccc3c2O1. The van der Waals surface area contributed by atoms with Crippen molar-refractivity contribution in [3.8, 4) is 16.9 Å². The molecule has 2 radical (unpaired) electrons. The minimum Gasteiger partial charge on any atom is -0.492 e. The van der Waals surface area contributed by atoms with Gasteiger partial charge in [-0.25, -0.2) is 4.79 Å². The van der Waals surface area contributed by atoms with Gasteiger partial charge in [0.1, 0.15) is 13.6 Å². The van der Waals surface area contributed by atoms with E-state index in [9.17, 15) is 4.79 Å². The maximum atomic E-state index is 13.0. The van der Waals surface area contributed by atoms with Crippen LogP contribution in [0.15, 0.2) is 60.7 Å². The predicted octanol–water partition coefficient (Wildman–Crippen LogP) is 6.00. The molecule has 1 aliphatic rings. The summed E-state index contributed by atoms with van der Waals surface area (Å²) in [4.78, 5) is 13.0. The fourth-order valence-electron chi connectivity index (χ4n) is 3.52. The smallest absolute Gasteiger partial charge is 0.339 e. The van der Waals surface area contributed by atoms with E-state index in [0.29, 0.717) is 17.9 Å². The Morgan fingerprint density at radius 2 is 1.66 bits per heavy atom. The lowest BCUT2D eigenvalue weighted by Gasteiger charge is -2.31. The third-order valence-electron chi connectivity index (χ3n) is 4.65. The highest BCUT2D eigenvalue weighted by molar-refractivity contribution is 6.19. The van der Waals surface area contributed by atoms with E-state index in [1.807, 2.05) is 94.4 Å². The minimum atomic E-state index is -0.908. The molecule has 4 heteroatoms. The molecule has 1 atom stereocenters. The molecule has 0 aliphatic carbocycles. The van der Waals surface area contributed by atoms with Gasteiger partial charge < -0.3 is 9.47 Å². The first kappa shape index (κ1) is 20.7. The summed E-state index contributed by atoms with van der Waals surface area (Å²) < 4.78 is 11.5. The number of esters is 1. The van der Waals surface area contributed by atoms with E-state index in [0.717, 1.165) is 27.5 Å². The molecule has 0 saturated heterocycles. The van der Waals surface area contributed by atoms with Crippen molar-refractivity contribution in [3.05, 3.63) is 71.8 Å². The summed E-state index contributed by atoms with van der Waals surface area (Å²) in [5, 5.41) is 1.64. The van der Waals surface area contributed by atoms with Crippen LogP contribution in [0.4, 0.5) is 0 Å².